The number of carbonyl (C=O) groups is 1. The molecule has 0 bridgehead atoms. The van der Waals surface area contributed by atoms with Crippen LogP contribution in [-0.2, 0) is 10.3 Å². The average molecular weight is 384 g/mol. The van der Waals surface area contributed by atoms with Crippen molar-refractivity contribution in [3.8, 4) is 0 Å². The molecule has 1 N–H and O–H groups in total. The van der Waals surface area contributed by atoms with Crippen molar-refractivity contribution >= 4 is 5.91 Å². The first kappa shape index (κ1) is 18.8. The first-order valence-corrected chi connectivity index (χ1v) is 9.62. The molecule has 7 heteroatoms. The van der Waals surface area contributed by atoms with Crippen molar-refractivity contribution in [3.63, 3.8) is 0 Å². The lowest BCUT2D eigenvalue weighted by Gasteiger charge is -2.38. The monoisotopic (exact) mass is 384 g/mol. The fraction of sp³-hybridized carbons (Fsp3) is 0.476. The maximum atomic E-state index is 13.0. The van der Waals surface area contributed by atoms with Gasteiger partial charge in [-0.25, -0.2) is 4.79 Å². The van der Waals surface area contributed by atoms with Crippen LogP contribution in [0.25, 0.3) is 0 Å². The van der Waals surface area contributed by atoms with Crippen LogP contribution in [0.4, 0.5) is 0 Å². The zero-order valence-electron chi connectivity index (χ0n) is 15.9. The first-order valence-electron chi connectivity index (χ1n) is 9.62. The summed E-state index contributed by atoms with van der Waals surface area (Å²) in [6, 6.07) is 5.41. The molecule has 1 atom stereocenters. The van der Waals surface area contributed by atoms with Crippen LogP contribution in [0.2, 0.25) is 0 Å². The summed E-state index contributed by atoms with van der Waals surface area (Å²) in [5.41, 5.74) is -0.150. The van der Waals surface area contributed by atoms with Gasteiger partial charge in [0.1, 0.15) is 11.3 Å². The Morgan fingerprint density at radius 1 is 1.36 bits per heavy atom. The Labute approximate surface area is 163 Å². The quantitative estimate of drug-likeness (QED) is 0.870. The minimum atomic E-state index is -1.00. The molecule has 2 aromatic rings. The van der Waals surface area contributed by atoms with Gasteiger partial charge in [0, 0.05) is 43.6 Å². The van der Waals surface area contributed by atoms with Gasteiger partial charge in [0.2, 0.25) is 0 Å². The summed E-state index contributed by atoms with van der Waals surface area (Å²) in [5.74, 6) is 0.315. The molecule has 1 amide bonds. The zero-order chi connectivity index (χ0) is 19.7. The number of aliphatic hydroxyl groups is 1. The van der Waals surface area contributed by atoms with Gasteiger partial charge >= 0.3 is 5.63 Å². The largest absolute Gasteiger partial charge is 0.427 e. The van der Waals surface area contributed by atoms with Crippen LogP contribution >= 0.6 is 0 Å². The summed E-state index contributed by atoms with van der Waals surface area (Å²) in [5, 5.41) is 10.9. The second-order valence-electron chi connectivity index (χ2n) is 7.62. The third kappa shape index (κ3) is 3.47. The lowest BCUT2D eigenvalue weighted by molar-refractivity contribution is -0.0214. The number of carbonyl (C=O) groups excluding carboxylic acids is 1. The number of aromatic nitrogens is 1. The van der Waals surface area contributed by atoms with Gasteiger partial charge in [0.25, 0.3) is 5.91 Å². The Kier molecular flexibility index (Phi) is 5.03. The molecule has 2 aromatic heterocycles. The normalized spacial score (nSPS) is 21.6. The minimum Gasteiger partial charge on any atom is -0.427 e. The fourth-order valence-electron chi connectivity index (χ4n) is 4.01. The summed E-state index contributed by atoms with van der Waals surface area (Å²) in [7, 11) is 0. The molecule has 2 saturated heterocycles. The van der Waals surface area contributed by atoms with Crippen LogP contribution in [0.15, 0.2) is 39.8 Å². The van der Waals surface area contributed by atoms with E-state index in [9.17, 15) is 14.7 Å². The van der Waals surface area contributed by atoms with Crippen LogP contribution in [0.5, 0.6) is 0 Å². The average Bonchev–Trinajstić information content (AvgIpc) is 3.23. The number of amides is 1. The number of ether oxygens (including phenoxy) is 1. The van der Waals surface area contributed by atoms with E-state index < -0.39 is 11.2 Å². The van der Waals surface area contributed by atoms with E-state index in [-0.39, 0.29) is 17.4 Å². The highest BCUT2D eigenvalue weighted by Gasteiger charge is 2.37. The van der Waals surface area contributed by atoms with Crippen molar-refractivity contribution in [2.45, 2.75) is 37.7 Å². The topological polar surface area (TPSA) is 92.9 Å². The van der Waals surface area contributed by atoms with Crippen LogP contribution in [0.3, 0.4) is 0 Å². The van der Waals surface area contributed by atoms with Gasteiger partial charge in [-0.3, -0.25) is 9.78 Å². The molecule has 0 aliphatic carbocycles. The van der Waals surface area contributed by atoms with E-state index in [0.29, 0.717) is 50.5 Å². The van der Waals surface area contributed by atoms with Crippen molar-refractivity contribution in [1.82, 2.24) is 9.88 Å². The predicted molar refractivity (Wildman–Crippen MR) is 101 cm³/mol. The summed E-state index contributed by atoms with van der Waals surface area (Å²) in [6.45, 7) is 3.68. The number of aryl methyl sites for hydroxylation is 1. The number of nitrogens with zero attached hydrogens (tertiary/aromatic N) is 2. The summed E-state index contributed by atoms with van der Waals surface area (Å²) in [4.78, 5) is 31.2. The van der Waals surface area contributed by atoms with Gasteiger partial charge in [0.05, 0.1) is 12.2 Å². The van der Waals surface area contributed by atoms with E-state index in [2.05, 4.69) is 4.98 Å². The Hall–Kier alpha value is -2.51. The smallest absolute Gasteiger partial charge is 0.349 e. The summed E-state index contributed by atoms with van der Waals surface area (Å²) >= 11 is 0. The van der Waals surface area contributed by atoms with Crippen LogP contribution < -0.4 is 5.63 Å². The Morgan fingerprint density at radius 3 is 2.75 bits per heavy atom. The van der Waals surface area contributed by atoms with E-state index in [4.69, 9.17) is 9.15 Å². The number of pyridine rings is 1. The molecule has 0 saturated carbocycles. The molecule has 28 heavy (non-hydrogen) atoms. The van der Waals surface area contributed by atoms with E-state index in [1.165, 1.54) is 0 Å². The maximum Gasteiger partial charge on any atom is 0.349 e. The van der Waals surface area contributed by atoms with E-state index in [1.807, 2.05) is 6.07 Å². The van der Waals surface area contributed by atoms with E-state index in [0.717, 1.165) is 12.0 Å². The number of rotatable bonds is 3. The summed E-state index contributed by atoms with van der Waals surface area (Å²) < 4.78 is 10.8. The fourth-order valence-corrected chi connectivity index (χ4v) is 4.01. The lowest BCUT2D eigenvalue weighted by Crippen LogP contribution is -2.46. The van der Waals surface area contributed by atoms with Crippen molar-refractivity contribution in [2.24, 2.45) is 0 Å². The number of likely N-dealkylation sites (tertiary alicyclic amines) is 1. The van der Waals surface area contributed by atoms with Gasteiger partial charge in [-0.05, 0) is 43.9 Å². The number of hydrogen-bond donors (Lipinski definition) is 1. The molecule has 2 aliphatic heterocycles. The molecular weight excluding hydrogens is 360 g/mol. The highest BCUT2D eigenvalue weighted by molar-refractivity contribution is 5.95. The van der Waals surface area contributed by atoms with E-state index >= 15 is 0 Å². The van der Waals surface area contributed by atoms with Gasteiger partial charge in [-0.1, -0.05) is 6.07 Å². The van der Waals surface area contributed by atoms with Gasteiger partial charge < -0.3 is 19.2 Å². The van der Waals surface area contributed by atoms with Gasteiger partial charge in [-0.15, -0.1) is 0 Å². The maximum absolute atomic E-state index is 13.0. The molecule has 4 rings (SSSR count). The molecule has 7 nitrogen and oxygen atoms in total. The van der Waals surface area contributed by atoms with Crippen LogP contribution in [-0.4, -0.2) is 47.2 Å². The highest BCUT2D eigenvalue weighted by atomic mass is 16.5. The molecule has 4 heterocycles. The van der Waals surface area contributed by atoms with Crippen molar-refractivity contribution in [1.29, 1.82) is 0 Å². The highest BCUT2D eigenvalue weighted by Crippen LogP contribution is 2.33. The number of hydrogen-bond acceptors (Lipinski definition) is 6. The molecule has 2 fully saturated rings. The number of piperidine rings is 1. The second kappa shape index (κ2) is 7.48. The Bertz CT molecular complexity index is 910. The molecule has 2 aliphatic rings. The molecule has 0 aromatic carbocycles. The Balaban J connectivity index is 1.50. The zero-order valence-corrected chi connectivity index (χ0v) is 15.9. The second-order valence-corrected chi connectivity index (χ2v) is 7.62. The molecule has 148 valence electrons. The SMILES string of the molecule is Cc1cc(C2CCOC2)oc(=O)c1C(=O)N1CCC(O)(c2cccnc2)CC1. The first-order chi connectivity index (χ1) is 13.5. The van der Waals surface area contributed by atoms with Crippen molar-refractivity contribution in [2.75, 3.05) is 26.3 Å². The Morgan fingerprint density at radius 2 is 2.14 bits per heavy atom. The molecular formula is C21H24N2O5. The third-order valence-corrected chi connectivity index (χ3v) is 5.79. The molecule has 0 spiro atoms. The molecule has 1 unspecified atom stereocenters. The summed E-state index contributed by atoms with van der Waals surface area (Å²) in [6.07, 6.45) is 4.92. The van der Waals surface area contributed by atoms with E-state index in [1.54, 1.807) is 36.4 Å². The van der Waals surface area contributed by atoms with Crippen LogP contribution in [0.1, 0.15) is 52.4 Å². The standard InChI is InChI=1S/C21H24N2O5/c1-14-11-17(15-4-10-27-13-15)28-20(25)18(14)19(24)23-8-5-21(26,6-9-23)16-3-2-7-22-12-16/h2-3,7,11-12,15,26H,4-6,8-10,13H2,1H3. The third-order valence-electron chi connectivity index (χ3n) is 5.79. The van der Waals surface area contributed by atoms with Gasteiger partial charge in [0.15, 0.2) is 0 Å². The van der Waals surface area contributed by atoms with Crippen molar-refractivity contribution < 1.29 is 19.1 Å². The molecule has 0 radical (unpaired) electrons. The van der Waals surface area contributed by atoms with Crippen molar-refractivity contribution in [3.05, 3.63) is 63.5 Å². The van der Waals surface area contributed by atoms with Crippen LogP contribution in [0, 0.1) is 6.92 Å². The van der Waals surface area contributed by atoms with Gasteiger partial charge in [-0.2, -0.15) is 0 Å². The minimum absolute atomic E-state index is 0.0695. The predicted octanol–water partition coefficient (Wildman–Crippen LogP) is 1.97. The lowest BCUT2D eigenvalue weighted by atomic mass is 9.85.